The van der Waals surface area contributed by atoms with Crippen LogP contribution >= 0.6 is 11.3 Å². The lowest BCUT2D eigenvalue weighted by atomic mass is 10.3. The summed E-state index contributed by atoms with van der Waals surface area (Å²) in [6, 6.07) is 4.28. The Morgan fingerprint density at radius 2 is 2.30 bits per heavy atom. The Balaban J connectivity index is 1.90. The third-order valence-electron chi connectivity index (χ3n) is 3.56. The number of thiazole rings is 1. The van der Waals surface area contributed by atoms with E-state index in [2.05, 4.69) is 41.4 Å². The standard InChI is InChI=1S/C17H26N4OS/c1-4-13(3)21-17(18-9-8-14-7-6-10-22-14)20-12-16-19-11-15(5-2)23-16/h6-7,10-11,13H,4-5,8-9,12H2,1-3H3,(H2,18,20,21). The Morgan fingerprint density at radius 3 is 2.96 bits per heavy atom. The summed E-state index contributed by atoms with van der Waals surface area (Å²) in [5, 5.41) is 7.85. The third kappa shape index (κ3) is 6.06. The number of aryl methyl sites for hydroxylation is 1. The molecule has 23 heavy (non-hydrogen) atoms. The maximum absolute atomic E-state index is 5.35. The molecular weight excluding hydrogens is 308 g/mol. The topological polar surface area (TPSA) is 62.5 Å². The van der Waals surface area contributed by atoms with Crippen LogP contribution in [0, 0.1) is 0 Å². The van der Waals surface area contributed by atoms with Crippen molar-refractivity contribution in [2.75, 3.05) is 6.54 Å². The van der Waals surface area contributed by atoms with Gasteiger partial charge in [-0.2, -0.15) is 0 Å². The predicted molar refractivity (Wildman–Crippen MR) is 95.9 cm³/mol. The summed E-state index contributed by atoms with van der Waals surface area (Å²) < 4.78 is 5.35. The number of nitrogens with zero attached hydrogens (tertiary/aromatic N) is 2. The van der Waals surface area contributed by atoms with Crippen molar-refractivity contribution >= 4 is 17.3 Å². The summed E-state index contributed by atoms with van der Waals surface area (Å²) >= 11 is 1.73. The van der Waals surface area contributed by atoms with Gasteiger partial charge in [-0.25, -0.2) is 9.98 Å². The van der Waals surface area contributed by atoms with Crippen LogP contribution in [0.25, 0.3) is 0 Å². The van der Waals surface area contributed by atoms with E-state index < -0.39 is 0 Å². The molecule has 6 heteroatoms. The first-order valence-electron chi connectivity index (χ1n) is 8.22. The molecule has 0 saturated heterocycles. The van der Waals surface area contributed by atoms with Gasteiger partial charge in [0.15, 0.2) is 5.96 Å². The van der Waals surface area contributed by atoms with E-state index >= 15 is 0 Å². The molecule has 0 aliphatic carbocycles. The number of aromatic nitrogens is 1. The van der Waals surface area contributed by atoms with Gasteiger partial charge in [-0.3, -0.25) is 0 Å². The molecule has 1 unspecified atom stereocenters. The molecular formula is C17H26N4OS. The zero-order chi connectivity index (χ0) is 16.5. The average Bonchev–Trinajstić information content (AvgIpc) is 3.23. The van der Waals surface area contributed by atoms with Crippen molar-refractivity contribution in [2.45, 2.75) is 52.6 Å². The van der Waals surface area contributed by atoms with Crippen molar-refractivity contribution in [1.29, 1.82) is 0 Å². The van der Waals surface area contributed by atoms with Gasteiger partial charge in [0.25, 0.3) is 0 Å². The number of aliphatic imine (C=N–C) groups is 1. The smallest absolute Gasteiger partial charge is 0.191 e. The van der Waals surface area contributed by atoms with Gasteiger partial charge in [0.1, 0.15) is 10.8 Å². The van der Waals surface area contributed by atoms with Crippen LogP contribution in [0.2, 0.25) is 0 Å². The summed E-state index contributed by atoms with van der Waals surface area (Å²) in [7, 11) is 0. The Labute approximate surface area is 142 Å². The van der Waals surface area contributed by atoms with Crippen molar-refractivity contribution in [3.63, 3.8) is 0 Å². The number of rotatable bonds is 8. The Bertz CT molecular complexity index is 592. The molecule has 0 saturated carbocycles. The van der Waals surface area contributed by atoms with Crippen molar-refractivity contribution < 1.29 is 4.42 Å². The molecule has 0 radical (unpaired) electrons. The highest BCUT2D eigenvalue weighted by Crippen LogP contribution is 2.14. The Morgan fingerprint density at radius 1 is 1.43 bits per heavy atom. The Hall–Kier alpha value is -1.82. The summed E-state index contributed by atoms with van der Waals surface area (Å²) in [5.74, 6) is 1.81. The predicted octanol–water partition coefficient (Wildman–Crippen LogP) is 3.37. The van der Waals surface area contributed by atoms with E-state index in [-0.39, 0.29) is 0 Å². The SMILES string of the molecule is CCc1cnc(CN=C(NCCc2ccco2)NC(C)CC)s1. The summed E-state index contributed by atoms with van der Waals surface area (Å²) in [6.07, 6.45) is 6.57. The lowest BCUT2D eigenvalue weighted by Crippen LogP contribution is -2.42. The normalized spacial score (nSPS) is 13.1. The molecule has 2 aromatic heterocycles. The molecule has 0 aromatic carbocycles. The first-order chi connectivity index (χ1) is 11.2. The minimum Gasteiger partial charge on any atom is -0.469 e. The van der Waals surface area contributed by atoms with Gasteiger partial charge in [-0.05, 0) is 31.9 Å². The van der Waals surface area contributed by atoms with E-state index in [0.29, 0.717) is 12.6 Å². The fourth-order valence-electron chi connectivity index (χ4n) is 1.98. The van der Waals surface area contributed by atoms with Crippen molar-refractivity contribution in [3.8, 4) is 0 Å². The quantitative estimate of drug-likeness (QED) is 0.574. The van der Waals surface area contributed by atoms with E-state index in [1.807, 2.05) is 18.3 Å². The molecule has 0 fully saturated rings. The number of hydrogen-bond donors (Lipinski definition) is 2. The minimum absolute atomic E-state index is 0.382. The second-order valence-electron chi connectivity index (χ2n) is 5.45. The second-order valence-corrected chi connectivity index (χ2v) is 6.65. The van der Waals surface area contributed by atoms with Crippen LogP contribution in [0.3, 0.4) is 0 Å². The van der Waals surface area contributed by atoms with E-state index in [1.54, 1.807) is 17.6 Å². The molecule has 0 aliphatic rings. The average molecular weight is 334 g/mol. The number of nitrogens with one attached hydrogen (secondary N) is 2. The van der Waals surface area contributed by atoms with Gasteiger partial charge in [-0.1, -0.05) is 13.8 Å². The van der Waals surface area contributed by atoms with Crippen LogP contribution in [0.1, 0.15) is 42.8 Å². The first kappa shape index (κ1) is 17.5. The highest BCUT2D eigenvalue weighted by atomic mass is 32.1. The minimum atomic E-state index is 0.382. The summed E-state index contributed by atoms with van der Waals surface area (Å²) in [4.78, 5) is 10.4. The molecule has 0 spiro atoms. The molecule has 2 N–H and O–H groups in total. The molecule has 126 valence electrons. The van der Waals surface area contributed by atoms with Crippen molar-refractivity contribution in [3.05, 3.63) is 40.2 Å². The van der Waals surface area contributed by atoms with E-state index in [0.717, 1.165) is 42.5 Å². The zero-order valence-electron chi connectivity index (χ0n) is 14.1. The molecule has 0 aliphatic heterocycles. The molecule has 0 amide bonds. The lowest BCUT2D eigenvalue weighted by Gasteiger charge is -2.16. The fourth-order valence-corrected chi connectivity index (χ4v) is 2.77. The first-order valence-corrected chi connectivity index (χ1v) is 9.03. The van der Waals surface area contributed by atoms with E-state index in [9.17, 15) is 0 Å². The number of furan rings is 1. The molecule has 5 nitrogen and oxygen atoms in total. The van der Waals surface area contributed by atoms with Crippen molar-refractivity contribution in [2.24, 2.45) is 4.99 Å². The third-order valence-corrected chi connectivity index (χ3v) is 4.69. The summed E-state index contributed by atoms with van der Waals surface area (Å²) in [6.45, 7) is 7.85. The van der Waals surface area contributed by atoms with Crippen LogP contribution in [0.15, 0.2) is 34.0 Å². The van der Waals surface area contributed by atoms with Gasteiger partial charge < -0.3 is 15.1 Å². The van der Waals surface area contributed by atoms with Gasteiger partial charge in [0.2, 0.25) is 0 Å². The highest BCUT2D eigenvalue weighted by molar-refractivity contribution is 7.11. The molecule has 2 rings (SSSR count). The van der Waals surface area contributed by atoms with Crippen LogP contribution in [0.5, 0.6) is 0 Å². The maximum atomic E-state index is 5.35. The zero-order valence-corrected chi connectivity index (χ0v) is 14.9. The molecule has 1 atom stereocenters. The van der Waals surface area contributed by atoms with Gasteiger partial charge >= 0.3 is 0 Å². The van der Waals surface area contributed by atoms with Gasteiger partial charge in [-0.15, -0.1) is 11.3 Å². The molecule has 2 aromatic rings. The maximum Gasteiger partial charge on any atom is 0.191 e. The van der Waals surface area contributed by atoms with Crippen LogP contribution in [0.4, 0.5) is 0 Å². The van der Waals surface area contributed by atoms with E-state index in [1.165, 1.54) is 4.88 Å². The Kier molecular flexibility index (Phi) is 7.13. The molecule has 2 heterocycles. The highest BCUT2D eigenvalue weighted by Gasteiger charge is 2.05. The fraction of sp³-hybridized carbons (Fsp3) is 0.529. The number of hydrogen-bond acceptors (Lipinski definition) is 4. The van der Waals surface area contributed by atoms with E-state index in [4.69, 9.17) is 4.42 Å². The largest absolute Gasteiger partial charge is 0.469 e. The second kappa shape index (κ2) is 9.35. The molecule has 0 bridgehead atoms. The number of guanidine groups is 1. The van der Waals surface area contributed by atoms with Gasteiger partial charge in [0, 0.05) is 30.1 Å². The van der Waals surface area contributed by atoms with Crippen LogP contribution < -0.4 is 10.6 Å². The lowest BCUT2D eigenvalue weighted by molar-refractivity contribution is 0.506. The monoisotopic (exact) mass is 334 g/mol. The van der Waals surface area contributed by atoms with Crippen LogP contribution in [-0.4, -0.2) is 23.5 Å². The van der Waals surface area contributed by atoms with Gasteiger partial charge in [0.05, 0.1) is 12.8 Å². The van der Waals surface area contributed by atoms with Crippen LogP contribution in [-0.2, 0) is 19.4 Å². The van der Waals surface area contributed by atoms with Crippen molar-refractivity contribution in [1.82, 2.24) is 15.6 Å². The summed E-state index contributed by atoms with van der Waals surface area (Å²) in [5.41, 5.74) is 0.